The summed E-state index contributed by atoms with van der Waals surface area (Å²) >= 11 is 0. The molecule has 0 spiro atoms. The molecule has 1 aliphatic rings. The second-order valence-electron chi connectivity index (χ2n) is 5.82. The monoisotopic (exact) mass is 272 g/mol. The third kappa shape index (κ3) is 4.50. The van der Waals surface area contributed by atoms with E-state index in [0.29, 0.717) is 5.82 Å². The maximum atomic E-state index is 4.59. The van der Waals surface area contributed by atoms with Gasteiger partial charge in [0.2, 0.25) is 5.82 Å². The SMILES string of the molecule is C[C@H]1CCCCN(c2ccnc(C#CCN(C)C)n2)C1. The first kappa shape index (κ1) is 14.8. The molecule has 1 fully saturated rings. The fourth-order valence-electron chi connectivity index (χ4n) is 2.42. The Labute approximate surface area is 122 Å². The van der Waals surface area contributed by atoms with Gasteiger partial charge < -0.3 is 4.90 Å². The molecule has 1 aromatic rings. The number of hydrogen-bond acceptors (Lipinski definition) is 4. The van der Waals surface area contributed by atoms with Crippen LogP contribution in [0.4, 0.5) is 5.82 Å². The number of hydrogen-bond donors (Lipinski definition) is 0. The van der Waals surface area contributed by atoms with Crippen LogP contribution in [0, 0.1) is 17.8 Å². The van der Waals surface area contributed by atoms with Gasteiger partial charge in [-0.1, -0.05) is 19.3 Å². The predicted octanol–water partition coefficient (Wildman–Crippen LogP) is 2.02. The van der Waals surface area contributed by atoms with Crippen LogP contribution in [0.25, 0.3) is 0 Å². The molecule has 0 amide bonds. The van der Waals surface area contributed by atoms with Crippen LogP contribution in [0.3, 0.4) is 0 Å². The van der Waals surface area contributed by atoms with E-state index in [1.54, 1.807) is 0 Å². The molecule has 1 aliphatic heterocycles. The minimum Gasteiger partial charge on any atom is -0.356 e. The third-order valence-electron chi connectivity index (χ3n) is 3.47. The molecule has 20 heavy (non-hydrogen) atoms. The van der Waals surface area contributed by atoms with Crippen molar-refractivity contribution >= 4 is 5.82 Å². The van der Waals surface area contributed by atoms with E-state index in [-0.39, 0.29) is 0 Å². The van der Waals surface area contributed by atoms with Crippen molar-refractivity contribution < 1.29 is 0 Å². The minimum atomic E-state index is 0.626. The summed E-state index contributed by atoms with van der Waals surface area (Å²) in [4.78, 5) is 13.2. The van der Waals surface area contributed by atoms with E-state index in [9.17, 15) is 0 Å². The lowest BCUT2D eigenvalue weighted by Gasteiger charge is -2.23. The molecule has 108 valence electrons. The van der Waals surface area contributed by atoms with Crippen LogP contribution in [-0.4, -0.2) is 48.6 Å². The summed E-state index contributed by atoms with van der Waals surface area (Å²) in [5, 5.41) is 0. The molecule has 0 radical (unpaired) electrons. The number of nitrogens with zero attached hydrogens (tertiary/aromatic N) is 4. The van der Waals surface area contributed by atoms with Crippen LogP contribution in [0.5, 0.6) is 0 Å². The fraction of sp³-hybridized carbons (Fsp3) is 0.625. The van der Waals surface area contributed by atoms with Crippen molar-refractivity contribution in [2.24, 2.45) is 5.92 Å². The molecule has 0 bridgehead atoms. The van der Waals surface area contributed by atoms with Crippen molar-refractivity contribution in [2.75, 3.05) is 38.6 Å². The standard InChI is InChI=1S/C16H24N4/c1-14-7-4-5-12-20(13-14)16-9-10-17-15(18-16)8-6-11-19(2)3/h9-10,14H,4-5,7,11-13H2,1-3H3/t14-/m0/s1. The molecule has 0 aliphatic carbocycles. The smallest absolute Gasteiger partial charge is 0.206 e. The first-order valence-electron chi connectivity index (χ1n) is 7.37. The summed E-state index contributed by atoms with van der Waals surface area (Å²) in [7, 11) is 4.01. The number of anilines is 1. The Morgan fingerprint density at radius 2 is 2.25 bits per heavy atom. The molecule has 1 aromatic heterocycles. The van der Waals surface area contributed by atoms with E-state index in [1.807, 2.05) is 31.3 Å². The predicted molar refractivity (Wildman–Crippen MR) is 82.7 cm³/mol. The highest BCUT2D eigenvalue weighted by atomic mass is 15.2. The zero-order chi connectivity index (χ0) is 14.4. The molecule has 4 heteroatoms. The maximum Gasteiger partial charge on any atom is 0.206 e. The zero-order valence-corrected chi connectivity index (χ0v) is 12.8. The zero-order valence-electron chi connectivity index (χ0n) is 12.8. The summed E-state index contributed by atoms with van der Waals surface area (Å²) in [5.74, 6) is 8.50. The van der Waals surface area contributed by atoms with Crippen LogP contribution in [-0.2, 0) is 0 Å². The summed E-state index contributed by atoms with van der Waals surface area (Å²) < 4.78 is 0. The van der Waals surface area contributed by atoms with Crippen LogP contribution >= 0.6 is 0 Å². The van der Waals surface area contributed by atoms with E-state index in [0.717, 1.165) is 31.4 Å². The molecule has 0 aromatic carbocycles. The van der Waals surface area contributed by atoms with Crippen molar-refractivity contribution in [2.45, 2.75) is 26.2 Å². The highest BCUT2D eigenvalue weighted by molar-refractivity contribution is 5.40. The molecule has 2 rings (SSSR count). The Hall–Kier alpha value is -1.60. The van der Waals surface area contributed by atoms with E-state index < -0.39 is 0 Å². The van der Waals surface area contributed by atoms with Crippen LogP contribution in [0.2, 0.25) is 0 Å². The maximum absolute atomic E-state index is 4.59. The molecule has 1 atom stereocenters. The summed E-state index contributed by atoms with van der Waals surface area (Å²) in [6.45, 7) is 5.22. The topological polar surface area (TPSA) is 32.3 Å². The molecular weight excluding hydrogens is 248 g/mol. The number of rotatable bonds is 2. The van der Waals surface area contributed by atoms with E-state index in [4.69, 9.17) is 0 Å². The van der Waals surface area contributed by atoms with Gasteiger partial charge in [-0.3, -0.25) is 4.90 Å². The average Bonchev–Trinajstić information content (AvgIpc) is 2.63. The van der Waals surface area contributed by atoms with E-state index in [2.05, 4.69) is 33.6 Å². The van der Waals surface area contributed by atoms with Crippen molar-refractivity contribution in [3.05, 3.63) is 18.1 Å². The Kier molecular flexibility index (Phi) is 5.37. The summed E-state index contributed by atoms with van der Waals surface area (Å²) in [6, 6.07) is 2.00. The molecule has 2 heterocycles. The number of aromatic nitrogens is 2. The highest BCUT2D eigenvalue weighted by Gasteiger charge is 2.16. The quantitative estimate of drug-likeness (QED) is 0.771. The van der Waals surface area contributed by atoms with Gasteiger partial charge in [0, 0.05) is 19.3 Å². The third-order valence-corrected chi connectivity index (χ3v) is 3.47. The Balaban J connectivity index is 2.09. The van der Waals surface area contributed by atoms with Gasteiger partial charge in [-0.05, 0) is 44.8 Å². The fourth-order valence-corrected chi connectivity index (χ4v) is 2.42. The second-order valence-corrected chi connectivity index (χ2v) is 5.82. The van der Waals surface area contributed by atoms with Gasteiger partial charge in [0.1, 0.15) is 5.82 Å². The molecule has 0 N–H and O–H groups in total. The van der Waals surface area contributed by atoms with Gasteiger partial charge in [0.15, 0.2) is 0 Å². The normalized spacial score (nSPS) is 19.4. The van der Waals surface area contributed by atoms with Gasteiger partial charge in [0.25, 0.3) is 0 Å². The Bertz CT molecular complexity index is 487. The average molecular weight is 272 g/mol. The van der Waals surface area contributed by atoms with Crippen molar-refractivity contribution in [3.8, 4) is 11.8 Å². The van der Waals surface area contributed by atoms with Gasteiger partial charge in [-0.2, -0.15) is 0 Å². The van der Waals surface area contributed by atoms with Crippen molar-refractivity contribution in [3.63, 3.8) is 0 Å². The van der Waals surface area contributed by atoms with Crippen LogP contribution in [0.15, 0.2) is 12.3 Å². The minimum absolute atomic E-state index is 0.626. The van der Waals surface area contributed by atoms with Gasteiger partial charge >= 0.3 is 0 Å². The lowest BCUT2D eigenvalue weighted by molar-refractivity contribution is 0.464. The Morgan fingerprint density at radius 1 is 1.40 bits per heavy atom. The van der Waals surface area contributed by atoms with Crippen molar-refractivity contribution in [1.29, 1.82) is 0 Å². The molecule has 0 saturated carbocycles. The highest BCUT2D eigenvalue weighted by Crippen LogP contribution is 2.20. The lowest BCUT2D eigenvalue weighted by Crippen LogP contribution is -2.28. The lowest BCUT2D eigenvalue weighted by atomic mass is 10.1. The molecule has 1 saturated heterocycles. The largest absolute Gasteiger partial charge is 0.356 e. The molecule has 4 nitrogen and oxygen atoms in total. The first-order valence-corrected chi connectivity index (χ1v) is 7.37. The summed E-state index contributed by atoms with van der Waals surface area (Å²) in [6.07, 6.45) is 5.70. The second kappa shape index (κ2) is 7.25. The van der Waals surface area contributed by atoms with Crippen molar-refractivity contribution in [1.82, 2.24) is 14.9 Å². The Morgan fingerprint density at radius 3 is 3.05 bits per heavy atom. The van der Waals surface area contributed by atoms with Gasteiger partial charge in [-0.15, -0.1) is 0 Å². The van der Waals surface area contributed by atoms with Gasteiger partial charge in [0.05, 0.1) is 6.54 Å². The van der Waals surface area contributed by atoms with E-state index in [1.165, 1.54) is 19.3 Å². The van der Waals surface area contributed by atoms with Gasteiger partial charge in [-0.25, -0.2) is 9.97 Å². The molecular formula is C16H24N4. The van der Waals surface area contributed by atoms with Crippen LogP contribution < -0.4 is 4.90 Å². The summed E-state index contributed by atoms with van der Waals surface area (Å²) in [5.41, 5.74) is 0. The first-order chi connectivity index (χ1) is 9.65. The molecule has 0 unspecified atom stereocenters. The van der Waals surface area contributed by atoms with Crippen LogP contribution in [0.1, 0.15) is 32.0 Å². The van der Waals surface area contributed by atoms with E-state index >= 15 is 0 Å².